The lowest BCUT2D eigenvalue weighted by Crippen LogP contribution is -2.53. The van der Waals surface area contributed by atoms with Gasteiger partial charge in [0.15, 0.2) is 16.9 Å². The van der Waals surface area contributed by atoms with Crippen molar-refractivity contribution in [3.05, 3.63) is 46.1 Å². The van der Waals surface area contributed by atoms with Crippen LogP contribution in [0, 0.1) is 0 Å². The molecule has 5 atom stereocenters. The average Bonchev–Trinajstić information content (AvgIpc) is 2.75. The first kappa shape index (κ1) is 21.9. The van der Waals surface area contributed by atoms with Crippen LogP contribution in [0.5, 0.6) is 23.0 Å². The van der Waals surface area contributed by atoms with Gasteiger partial charge in [0, 0.05) is 17.7 Å². The van der Waals surface area contributed by atoms with Crippen molar-refractivity contribution in [2.45, 2.75) is 37.4 Å². The number of phenolic OH excluding ortho intramolecular Hbond substituents is 3. The fourth-order valence-corrected chi connectivity index (χ4v) is 3.85. The molecular formula is C22H22O10. The molecule has 3 aromatic rings. The molecule has 10 heteroatoms. The molecule has 1 saturated heterocycles. The van der Waals surface area contributed by atoms with E-state index in [0.29, 0.717) is 5.56 Å². The molecule has 1 aromatic heterocycles. The summed E-state index contributed by atoms with van der Waals surface area (Å²) in [6, 6.07) is 6.52. The van der Waals surface area contributed by atoms with E-state index in [0.717, 1.165) is 12.1 Å². The first-order valence-electron chi connectivity index (χ1n) is 9.73. The van der Waals surface area contributed by atoms with Crippen LogP contribution >= 0.6 is 0 Å². The quantitative estimate of drug-likeness (QED) is 0.343. The maximum atomic E-state index is 12.8. The highest BCUT2D eigenvalue weighted by molar-refractivity contribution is 5.88. The first-order valence-corrected chi connectivity index (χ1v) is 9.73. The summed E-state index contributed by atoms with van der Waals surface area (Å²) in [5.41, 5.74) is -0.698. The minimum atomic E-state index is -1.67. The van der Waals surface area contributed by atoms with Crippen molar-refractivity contribution in [1.29, 1.82) is 0 Å². The van der Waals surface area contributed by atoms with Crippen LogP contribution < -0.4 is 10.2 Å². The lowest BCUT2D eigenvalue weighted by Gasteiger charge is -2.39. The van der Waals surface area contributed by atoms with E-state index in [4.69, 9.17) is 13.9 Å². The molecule has 1 aliphatic rings. The number of phenols is 3. The third-order valence-electron chi connectivity index (χ3n) is 5.61. The van der Waals surface area contributed by atoms with E-state index in [-0.39, 0.29) is 33.8 Å². The molecule has 0 spiro atoms. The zero-order valence-electron chi connectivity index (χ0n) is 17.1. The molecule has 0 bridgehead atoms. The van der Waals surface area contributed by atoms with Crippen molar-refractivity contribution < 1.29 is 44.5 Å². The van der Waals surface area contributed by atoms with E-state index in [2.05, 4.69) is 0 Å². The molecule has 0 radical (unpaired) electrons. The molecule has 2 heterocycles. The zero-order valence-corrected chi connectivity index (χ0v) is 17.1. The molecule has 4 rings (SSSR count). The van der Waals surface area contributed by atoms with Crippen LogP contribution in [0.3, 0.4) is 0 Å². The van der Waals surface area contributed by atoms with Crippen molar-refractivity contribution in [3.8, 4) is 34.3 Å². The van der Waals surface area contributed by atoms with E-state index < -0.39 is 47.4 Å². The number of methoxy groups -OCH3 is 1. The van der Waals surface area contributed by atoms with Crippen LogP contribution in [0.1, 0.15) is 18.6 Å². The van der Waals surface area contributed by atoms with Crippen molar-refractivity contribution in [2.24, 2.45) is 0 Å². The number of hydrogen-bond donors (Lipinski definition) is 6. The molecule has 170 valence electrons. The number of benzene rings is 2. The van der Waals surface area contributed by atoms with E-state index in [1.165, 1.54) is 32.2 Å². The lowest BCUT2D eigenvalue weighted by atomic mass is 9.90. The van der Waals surface area contributed by atoms with E-state index in [1.807, 2.05) is 0 Å². The van der Waals surface area contributed by atoms with Crippen LogP contribution in [0.15, 0.2) is 39.5 Å². The van der Waals surface area contributed by atoms with Crippen molar-refractivity contribution in [1.82, 2.24) is 0 Å². The second kappa shape index (κ2) is 7.99. The van der Waals surface area contributed by atoms with Gasteiger partial charge in [-0.3, -0.25) is 4.79 Å². The van der Waals surface area contributed by atoms with Gasteiger partial charge in [-0.05, 0) is 25.1 Å². The van der Waals surface area contributed by atoms with Gasteiger partial charge in [0.2, 0.25) is 0 Å². The van der Waals surface area contributed by atoms with Gasteiger partial charge in [-0.2, -0.15) is 0 Å². The molecule has 0 amide bonds. The lowest BCUT2D eigenvalue weighted by molar-refractivity contribution is -0.220. The fraction of sp³-hybridized carbons (Fsp3) is 0.318. The largest absolute Gasteiger partial charge is 0.507 e. The summed E-state index contributed by atoms with van der Waals surface area (Å²) in [6.45, 7) is 1.45. The highest BCUT2D eigenvalue weighted by Gasteiger charge is 2.44. The Morgan fingerprint density at radius 2 is 1.66 bits per heavy atom. The maximum Gasteiger partial charge on any atom is 0.197 e. The summed E-state index contributed by atoms with van der Waals surface area (Å²) >= 11 is 0. The van der Waals surface area contributed by atoms with Crippen molar-refractivity contribution >= 4 is 11.0 Å². The molecule has 6 N–H and O–H groups in total. The first-order chi connectivity index (χ1) is 15.1. The second-order valence-electron chi connectivity index (χ2n) is 7.63. The standard InChI is InChI=1S/C22H22O10/c1-8-18(26)20(28)21(29)22(31-8)17-12(25)7-15-16(19(17)27)11(24)6-13(32-15)9-3-4-10(23)14(5-9)30-2/h3-8,18,20-23,25-29H,1-2H3/t8-,18-,20-,21+,22-/m1/s1. The monoisotopic (exact) mass is 446 g/mol. The van der Waals surface area contributed by atoms with Crippen LogP contribution in [-0.2, 0) is 4.74 Å². The van der Waals surface area contributed by atoms with Gasteiger partial charge < -0.3 is 44.5 Å². The Morgan fingerprint density at radius 1 is 0.938 bits per heavy atom. The number of fused-ring (bicyclic) bond motifs is 1. The smallest absolute Gasteiger partial charge is 0.197 e. The Hall–Kier alpha value is -3.31. The second-order valence-corrected chi connectivity index (χ2v) is 7.63. The van der Waals surface area contributed by atoms with E-state index in [1.54, 1.807) is 0 Å². The molecule has 1 fully saturated rings. The molecular weight excluding hydrogens is 424 g/mol. The predicted octanol–water partition coefficient (Wildman–Crippen LogP) is 1.13. The number of rotatable bonds is 3. The minimum Gasteiger partial charge on any atom is -0.507 e. The minimum absolute atomic E-state index is 0.0912. The van der Waals surface area contributed by atoms with Gasteiger partial charge in [-0.15, -0.1) is 0 Å². The predicted molar refractivity (Wildman–Crippen MR) is 111 cm³/mol. The van der Waals surface area contributed by atoms with Crippen LogP contribution in [0.25, 0.3) is 22.3 Å². The summed E-state index contributed by atoms with van der Waals surface area (Å²) in [6.07, 6.45) is -6.97. The van der Waals surface area contributed by atoms with Gasteiger partial charge >= 0.3 is 0 Å². The average molecular weight is 446 g/mol. The topological polar surface area (TPSA) is 170 Å². The van der Waals surface area contributed by atoms with Gasteiger partial charge in [-0.1, -0.05) is 0 Å². The van der Waals surface area contributed by atoms with Gasteiger partial charge in [0.25, 0.3) is 0 Å². The van der Waals surface area contributed by atoms with E-state index in [9.17, 15) is 35.4 Å². The molecule has 0 aliphatic carbocycles. The van der Waals surface area contributed by atoms with Crippen LogP contribution in [-0.4, -0.2) is 62.2 Å². The van der Waals surface area contributed by atoms with E-state index >= 15 is 0 Å². The Kier molecular flexibility index (Phi) is 5.47. The number of ether oxygens (including phenoxy) is 2. The molecule has 1 aliphatic heterocycles. The Bertz CT molecular complexity index is 1230. The number of aliphatic hydroxyl groups is 3. The highest BCUT2D eigenvalue weighted by Crippen LogP contribution is 2.44. The summed E-state index contributed by atoms with van der Waals surface area (Å²) in [5, 5.41) is 61.1. The SMILES string of the molecule is COc1cc(-c2cc(=O)c3c(O)c([C@H]4O[C@H](C)[C@@H](O)[C@@H](O)[C@@H]4O)c(O)cc3o2)ccc1O. The summed E-state index contributed by atoms with van der Waals surface area (Å²) in [5.74, 6) is -1.08. The summed E-state index contributed by atoms with van der Waals surface area (Å²) in [4.78, 5) is 12.8. The van der Waals surface area contributed by atoms with Crippen molar-refractivity contribution in [2.75, 3.05) is 7.11 Å². The highest BCUT2D eigenvalue weighted by atomic mass is 16.5. The Balaban J connectivity index is 1.86. The fourth-order valence-electron chi connectivity index (χ4n) is 3.85. The Morgan fingerprint density at radius 3 is 2.34 bits per heavy atom. The third-order valence-corrected chi connectivity index (χ3v) is 5.61. The van der Waals surface area contributed by atoms with Crippen molar-refractivity contribution in [3.63, 3.8) is 0 Å². The van der Waals surface area contributed by atoms with Gasteiger partial charge in [0.05, 0.1) is 18.8 Å². The van der Waals surface area contributed by atoms with Gasteiger partial charge in [0.1, 0.15) is 52.6 Å². The van der Waals surface area contributed by atoms with Crippen LogP contribution in [0.2, 0.25) is 0 Å². The molecule has 2 aromatic carbocycles. The third kappa shape index (κ3) is 3.43. The molecule has 10 nitrogen and oxygen atoms in total. The normalized spacial score (nSPS) is 25.7. The number of hydrogen-bond acceptors (Lipinski definition) is 10. The molecule has 0 saturated carbocycles. The molecule has 0 unspecified atom stereocenters. The summed E-state index contributed by atoms with van der Waals surface area (Å²) in [7, 11) is 1.37. The number of aliphatic hydroxyl groups excluding tert-OH is 3. The summed E-state index contributed by atoms with van der Waals surface area (Å²) < 4.78 is 16.3. The zero-order chi connectivity index (χ0) is 23.3. The Labute approximate surface area is 181 Å². The van der Waals surface area contributed by atoms with Crippen LogP contribution in [0.4, 0.5) is 0 Å². The maximum absolute atomic E-state index is 12.8. The molecule has 32 heavy (non-hydrogen) atoms. The number of aromatic hydroxyl groups is 3. The van der Waals surface area contributed by atoms with Gasteiger partial charge in [-0.25, -0.2) is 0 Å².